The Morgan fingerprint density at radius 1 is 1.33 bits per heavy atom. The monoisotopic (exact) mass is 420 g/mol. The van der Waals surface area contributed by atoms with E-state index in [0.717, 1.165) is 11.8 Å². The Balaban J connectivity index is 1.86. The van der Waals surface area contributed by atoms with Gasteiger partial charge < -0.3 is 5.32 Å². The molecule has 1 N–H and O–H groups in total. The Bertz CT molecular complexity index is 1080. The van der Waals surface area contributed by atoms with Crippen LogP contribution in [0.5, 0.6) is 0 Å². The summed E-state index contributed by atoms with van der Waals surface area (Å²) in [6.45, 7) is 3.95. The summed E-state index contributed by atoms with van der Waals surface area (Å²) in [7, 11) is 0. The first-order valence-corrected chi connectivity index (χ1v) is 9.58. The second-order valence-electron chi connectivity index (χ2n) is 5.44. The molecule has 0 radical (unpaired) electrons. The summed E-state index contributed by atoms with van der Waals surface area (Å²) in [5.74, 6) is -0.249. The molecule has 27 heavy (non-hydrogen) atoms. The second-order valence-corrected chi connectivity index (χ2v) is 7.18. The van der Waals surface area contributed by atoms with Gasteiger partial charge in [0.25, 0.3) is 5.56 Å². The van der Waals surface area contributed by atoms with Crippen LogP contribution in [-0.4, -0.2) is 26.2 Å². The lowest BCUT2D eigenvalue weighted by atomic mass is 10.2. The second kappa shape index (κ2) is 8.56. The number of nitrogens with zero attached hydrogens (tertiary/aromatic N) is 3. The summed E-state index contributed by atoms with van der Waals surface area (Å²) >= 11 is 13.1. The molecule has 9 heteroatoms. The SMILES string of the molecule is C=CCn1c(SCC(=O)Nc2cccnc2Cl)nc2cc(Cl)ccc2c1=O. The molecule has 0 fully saturated rings. The molecule has 0 saturated heterocycles. The number of aromatic nitrogens is 3. The Kier molecular flexibility index (Phi) is 6.15. The molecule has 1 aromatic carbocycles. The van der Waals surface area contributed by atoms with Crippen LogP contribution in [-0.2, 0) is 11.3 Å². The summed E-state index contributed by atoms with van der Waals surface area (Å²) in [4.78, 5) is 33.4. The van der Waals surface area contributed by atoms with Crippen LogP contribution in [0.4, 0.5) is 5.69 Å². The molecule has 1 amide bonds. The zero-order chi connectivity index (χ0) is 19.4. The highest BCUT2D eigenvalue weighted by molar-refractivity contribution is 7.99. The number of benzene rings is 1. The zero-order valence-corrected chi connectivity index (χ0v) is 16.3. The number of anilines is 1. The number of carbonyl (C=O) groups is 1. The maximum absolute atomic E-state index is 12.7. The predicted molar refractivity (Wildman–Crippen MR) is 110 cm³/mol. The molecule has 0 aliphatic carbocycles. The van der Waals surface area contributed by atoms with Crippen LogP contribution in [0.3, 0.4) is 0 Å². The summed E-state index contributed by atoms with van der Waals surface area (Å²) in [5, 5.41) is 4.23. The number of allylic oxidation sites excluding steroid dienone is 1. The molecule has 2 heterocycles. The van der Waals surface area contributed by atoms with Gasteiger partial charge >= 0.3 is 0 Å². The number of fused-ring (bicyclic) bond motifs is 1. The van der Waals surface area contributed by atoms with Gasteiger partial charge in [-0.2, -0.15) is 0 Å². The molecule has 0 bridgehead atoms. The smallest absolute Gasteiger partial charge is 0.262 e. The first-order valence-electron chi connectivity index (χ1n) is 7.83. The molecule has 0 aliphatic heterocycles. The van der Waals surface area contributed by atoms with E-state index in [1.54, 1.807) is 36.4 Å². The number of amides is 1. The van der Waals surface area contributed by atoms with E-state index in [0.29, 0.717) is 26.8 Å². The lowest BCUT2D eigenvalue weighted by molar-refractivity contribution is -0.113. The molecule has 2 aromatic heterocycles. The number of thioether (sulfide) groups is 1. The van der Waals surface area contributed by atoms with E-state index in [-0.39, 0.29) is 28.9 Å². The third-order valence-corrected chi connectivity index (χ3v) is 5.07. The largest absolute Gasteiger partial charge is 0.323 e. The first-order chi connectivity index (χ1) is 13.0. The minimum atomic E-state index is -0.291. The topological polar surface area (TPSA) is 76.9 Å². The predicted octanol–water partition coefficient (Wildman–Crippen LogP) is 4.02. The maximum atomic E-state index is 12.7. The number of nitrogens with one attached hydrogen (secondary N) is 1. The third kappa shape index (κ3) is 4.50. The van der Waals surface area contributed by atoms with Gasteiger partial charge in [-0.25, -0.2) is 9.97 Å². The van der Waals surface area contributed by atoms with Gasteiger partial charge in [0, 0.05) is 17.8 Å². The fourth-order valence-corrected chi connectivity index (χ4v) is 3.51. The number of rotatable bonds is 6. The highest BCUT2D eigenvalue weighted by atomic mass is 35.5. The van der Waals surface area contributed by atoms with Crippen molar-refractivity contribution < 1.29 is 4.79 Å². The van der Waals surface area contributed by atoms with E-state index in [9.17, 15) is 9.59 Å². The molecule has 3 rings (SSSR count). The Hall–Kier alpha value is -2.35. The molecule has 3 aromatic rings. The van der Waals surface area contributed by atoms with Crippen molar-refractivity contribution in [2.75, 3.05) is 11.1 Å². The lowest BCUT2D eigenvalue weighted by Gasteiger charge is -2.12. The fraction of sp³-hybridized carbons (Fsp3) is 0.111. The van der Waals surface area contributed by atoms with Crippen molar-refractivity contribution in [2.45, 2.75) is 11.7 Å². The molecule has 0 spiro atoms. The third-order valence-electron chi connectivity index (χ3n) is 3.56. The molecule has 0 saturated carbocycles. The van der Waals surface area contributed by atoms with E-state index < -0.39 is 0 Å². The summed E-state index contributed by atoms with van der Waals surface area (Å²) in [6.07, 6.45) is 3.13. The van der Waals surface area contributed by atoms with Gasteiger partial charge in [-0.15, -0.1) is 6.58 Å². The standard InChI is InChI=1S/C18H14Cl2N4O2S/c1-2-8-24-17(26)12-6-5-11(19)9-14(12)23-18(24)27-10-15(25)22-13-4-3-7-21-16(13)20/h2-7,9H,1,8,10H2,(H,22,25). The average molecular weight is 421 g/mol. The minimum absolute atomic E-state index is 0.0425. The van der Waals surface area contributed by atoms with E-state index >= 15 is 0 Å². The molecular weight excluding hydrogens is 407 g/mol. The number of hydrogen-bond donors (Lipinski definition) is 1. The van der Waals surface area contributed by atoms with E-state index in [1.807, 2.05) is 0 Å². The Morgan fingerprint density at radius 3 is 2.89 bits per heavy atom. The summed E-state index contributed by atoms with van der Waals surface area (Å²) < 4.78 is 1.47. The van der Waals surface area contributed by atoms with Crippen LogP contribution in [0.25, 0.3) is 10.9 Å². The van der Waals surface area contributed by atoms with Gasteiger partial charge in [0.15, 0.2) is 10.3 Å². The van der Waals surface area contributed by atoms with Gasteiger partial charge in [0.1, 0.15) is 0 Å². The maximum Gasteiger partial charge on any atom is 0.262 e. The van der Waals surface area contributed by atoms with E-state index in [4.69, 9.17) is 23.2 Å². The molecule has 138 valence electrons. The summed E-state index contributed by atoms with van der Waals surface area (Å²) in [6, 6.07) is 8.23. The Morgan fingerprint density at radius 2 is 2.15 bits per heavy atom. The van der Waals surface area contributed by atoms with Crippen LogP contribution >= 0.6 is 35.0 Å². The van der Waals surface area contributed by atoms with Crippen molar-refractivity contribution in [3.8, 4) is 0 Å². The van der Waals surface area contributed by atoms with Gasteiger partial charge in [0.2, 0.25) is 5.91 Å². The van der Waals surface area contributed by atoms with E-state index in [2.05, 4.69) is 21.9 Å². The number of pyridine rings is 1. The quantitative estimate of drug-likeness (QED) is 0.282. The molecule has 0 unspecified atom stereocenters. The van der Waals surface area contributed by atoms with Crippen molar-refractivity contribution in [3.63, 3.8) is 0 Å². The highest BCUT2D eigenvalue weighted by Gasteiger charge is 2.14. The number of carbonyl (C=O) groups excluding carboxylic acids is 1. The van der Waals surface area contributed by atoms with E-state index in [1.165, 1.54) is 10.8 Å². The van der Waals surface area contributed by atoms with Crippen LogP contribution < -0.4 is 10.9 Å². The highest BCUT2D eigenvalue weighted by Crippen LogP contribution is 2.22. The fourth-order valence-electron chi connectivity index (χ4n) is 2.37. The van der Waals surface area contributed by atoms with Crippen LogP contribution in [0.15, 0.2) is 59.1 Å². The number of hydrogen-bond acceptors (Lipinski definition) is 5. The van der Waals surface area contributed by atoms with Crippen LogP contribution in [0.1, 0.15) is 0 Å². The van der Waals surface area contributed by atoms with Gasteiger partial charge in [-0.05, 0) is 30.3 Å². The van der Waals surface area contributed by atoms with Crippen molar-refractivity contribution in [3.05, 3.63) is 69.7 Å². The minimum Gasteiger partial charge on any atom is -0.323 e. The van der Waals surface area contributed by atoms with Crippen LogP contribution in [0.2, 0.25) is 10.2 Å². The van der Waals surface area contributed by atoms with Crippen molar-refractivity contribution in [2.24, 2.45) is 0 Å². The van der Waals surface area contributed by atoms with Crippen molar-refractivity contribution in [1.29, 1.82) is 0 Å². The summed E-state index contributed by atoms with van der Waals surface area (Å²) in [5.41, 5.74) is 0.687. The molecule has 6 nitrogen and oxygen atoms in total. The average Bonchev–Trinajstić information content (AvgIpc) is 2.64. The molecule has 0 aliphatic rings. The first kappa shape index (κ1) is 19.4. The number of halogens is 2. The lowest BCUT2D eigenvalue weighted by Crippen LogP contribution is -2.23. The van der Waals surface area contributed by atoms with Crippen molar-refractivity contribution in [1.82, 2.24) is 14.5 Å². The van der Waals surface area contributed by atoms with Gasteiger partial charge in [0.05, 0.1) is 22.3 Å². The van der Waals surface area contributed by atoms with Gasteiger partial charge in [-0.3, -0.25) is 14.2 Å². The molecule has 0 atom stereocenters. The zero-order valence-electron chi connectivity index (χ0n) is 14.0. The van der Waals surface area contributed by atoms with Crippen molar-refractivity contribution >= 4 is 57.5 Å². The van der Waals surface area contributed by atoms with Gasteiger partial charge in [-0.1, -0.05) is 41.0 Å². The van der Waals surface area contributed by atoms with Crippen LogP contribution in [0, 0.1) is 0 Å². The normalized spacial score (nSPS) is 10.7. The Labute approximate surface area is 169 Å². The molecular formula is C18H14Cl2N4O2S.